The van der Waals surface area contributed by atoms with Gasteiger partial charge in [-0.25, -0.2) is 0 Å². The van der Waals surface area contributed by atoms with Crippen molar-refractivity contribution in [1.82, 2.24) is 5.32 Å². The monoisotopic (exact) mass is 258 g/mol. The van der Waals surface area contributed by atoms with Gasteiger partial charge >= 0.3 is 0 Å². The first-order valence-electron chi connectivity index (χ1n) is 5.59. The highest BCUT2D eigenvalue weighted by Gasteiger charge is 2.04. The fourth-order valence-corrected chi connectivity index (χ4v) is 1.93. The van der Waals surface area contributed by atoms with E-state index in [2.05, 4.69) is 17.2 Å². The van der Waals surface area contributed by atoms with Crippen molar-refractivity contribution in [1.29, 1.82) is 0 Å². The number of hydrogen-bond donors (Lipinski definition) is 3. The smallest absolute Gasteiger partial charge is 0.171 e. The molecule has 0 saturated heterocycles. The van der Waals surface area contributed by atoms with Gasteiger partial charge in [-0.15, -0.1) is 6.58 Å². The van der Waals surface area contributed by atoms with E-state index in [-0.39, 0.29) is 5.75 Å². The lowest BCUT2D eigenvalue weighted by atomic mass is 10.1. The van der Waals surface area contributed by atoms with Crippen molar-refractivity contribution in [3.05, 3.63) is 49.1 Å². The lowest BCUT2D eigenvalue weighted by Crippen LogP contribution is -2.28. The number of phenolic OH excluding ortho intramolecular Hbond substituents is 1. The zero-order valence-corrected chi connectivity index (χ0v) is 10.6. The molecule has 0 aromatic heterocycles. The number of benzene rings is 2. The third-order valence-corrected chi connectivity index (χ3v) is 2.80. The van der Waals surface area contributed by atoms with Crippen molar-refractivity contribution in [2.24, 2.45) is 0 Å². The van der Waals surface area contributed by atoms with Crippen LogP contribution in [0, 0.1) is 0 Å². The minimum atomic E-state index is 0.265. The third-order valence-electron chi connectivity index (χ3n) is 2.55. The summed E-state index contributed by atoms with van der Waals surface area (Å²) in [5.41, 5.74) is 0.866. The molecule has 0 saturated carbocycles. The van der Waals surface area contributed by atoms with Crippen LogP contribution in [0.15, 0.2) is 49.1 Å². The number of phenols is 1. The predicted molar refractivity (Wildman–Crippen MR) is 80.0 cm³/mol. The molecule has 0 aliphatic rings. The molecule has 2 aromatic rings. The molecule has 92 valence electrons. The molecule has 0 atom stereocenters. The number of fused-ring (bicyclic) bond motifs is 1. The summed E-state index contributed by atoms with van der Waals surface area (Å²) in [6.07, 6.45) is 1.74. The van der Waals surface area contributed by atoms with Crippen LogP contribution in [0.4, 0.5) is 5.69 Å². The van der Waals surface area contributed by atoms with Crippen molar-refractivity contribution in [3.63, 3.8) is 0 Å². The summed E-state index contributed by atoms with van der Waals surface area (Å²) in [4.78, 5) is 0. The van der Waals surface area contributed by atoms with Crippen molar-refractivity contribution < 1.29 is 5.11 Å². The normalized spacial score (nSPS) is 10.0. The van der Waals surface area contributed by atoms with Gasteiger partial charge in [-0.1, -0.05) is 30.3 Å². The molecular formula is C14H14N2OS. The number of nitrogens with one attached hydrogen (secondary N) is 2. The van der Waals surface area contributed by atoms with Crippen molar-refractivity contribution in [2.75, 3.05) is 11.9 Å². The van der Waals surface area contributed by atoms with Crippen LogP contribution in [0.5, 0.6) is 5.75 Å². The Kier molecular flexibility index (Phi) is 3.79. The second kappa shape index (κ2) is 5.51. The lowest BCUT2D eigenvalue weighted by Gasteiger charge is -2.12. The molecule has 18 heavy (non-hydrogen) atoms. The zero-order chi connectivity index (χ0) is 13.0. The molecule has 3 N–H and O–H groups in total. The zero-order valence-electron chi connectivity index (χ0n) is 9.81. The Morgan fingerprint density at radius 2 is 1.94 bits per heavy atom. The molecule has 2 rings (SSSR count). The van der Waals surface area contributed by atoms with Crippen molar-refractivity contribution >= 4 is 33.8 Å². The Labute approximate surface area is 111 Å². The largest absolute Gasteiger partial charge is 0.507 e. The maximum absolute atomic E-state index is 9.78. The van der Waals surface area contributed by atoms with E-state index in [1.807, 2.05) is 30.3 Å². The summed E-state index contributed by atoms with van der Waals surface area (Å²) in [5, 5.41) is 18.2. The Bertz CT molecular complexity index is 595. The van der Waals surface area contributed by atoms with Gasteiger partial charge in [-0.2, -0.15) is 0 Å². The van der Waals surface area contributed by atoms with Crippen LogP contribution in [0.1, 0.15) is 0 Å². The minimum absolute atomic E-state index is 0.265. The molecule has 2 aromatic carbocycles. The summed E-state index contributed by atoms with van der Waals surface area (Å²) in [7, 11) is 0. The maximum Gasteiger partial charge on any atom is 0.171 e. The van der Waals surface area contributed by atoms with E-state index in [0.717, 1.165) is 16.5 Å². The van der Waals surface area contributed by atoms with Crippen LogP contribution in [0.25, 0.3) is 10.8 Å². The molecule has 0 spiro atoms. The van der Waals surface area contributed by atoms with E-state index in [1.54, 1.807) is 12.1 Å². The number of hydrogen-bond acceptors (Lipinski definition) is 2. The van der Waals surface area contributed by atoms with Crippen LogP contribution in [-0.4, -0.2) is 16.8 Å². The molecule has 0 heterocycles. The summed E-state index contributed by atoms with van der Waals surface area (Å²) in [6.45, 7) is 4.23. The standard InChI is InChI=1S/C14H14N2OS/c1-2-9-15-14(18)16-12-7-3-6-11-10(12)5-4-8-13(11)17/h2-8,17H,1,9H2,(H2,15,16,18). The molecule has 0 aliphatic carbocycles. The molecule has 3 nitrogen and oxygen atoms in total. The quantitative estimate of drug-likeness (QED) is 0.585. The van der Waals surface area contributed by atoms with Crippen LogP contribution < -0.4 is 10.6 Å². The Hall–Kier alpha value is -2.07. The molecule has 0 amide bonds. The van der Waals surface area contributed by atoms with Crippen LogP contribution in [0.2, 0.25) is 0 Å². The maximum atomic E-state index is 9.78. The van der Waals surface area contributed by atoms with Gasteiger partial charge in [-0.05, 0) is 24.4 Å². The summed E-state index contributed by atoms with van der Waals surface area (Å²) >= 11 is 5.16. The lowest BCUT2D eigenvalue weighted by molar-refractivity contribution is 0.481. The van der Waals surface area contributed by atoms with E-state index in [9.17, 15) is 5.11 Å². The second-order valence-electron chi connectivity index (χ2n) is 3.80. The van der Waals surface area contributed by atoms with E-state index in [0.29, 0.717) is 11.7 Å². The van der Waals surface area contributed by atoms with E-state index < -0.39 is 0 Å². The first-order chi connectivity index (χ1) is 8.72. The summed E-state index contributed by atoms with van der Waals surface area (Å²) < 4.78 is 0. The first kappa shape index (κ1) is 12.4. The highest BCUT2D eigenvalue weighted by atomic mass is 32.1. The van der Waals surface area contributed by atoms with Gasteiger partial charge < -0.3 is 15.7 Å². The fraction of sp³-hybridized carbons (Fsp3) is 0.0714. The van der Waals surface area contributed by atoms with Gasteiger partial charge in [0.2, 0.25) is 0 Å². The number of thiocarbonyl (C=S) groups is 1. The van der Waals surface area contributed by atoms with Gasteiger partial charge in [0, 0.05) is 23.0 Å². The fourth-order valence-electron chi connectivity index (χ4n) is 1.73. The van der Waals surface area contributed by atoms with E-state index in [4.69, 9.17) is 12.2 Å². The van der Waals surface area contributed by atoms with Crippen molar-refractivity contribution in [3.8, 4) is 5.75 Å². The molecule has 0 fully saturated rings. The number of aromatic hydroxyl groups is 1. The van der Waals surface area contributed by atoms with Crippen LogP contribution >= 0.6 is 12.2 Å². The molecule has 0 bridgehead atoms. The van der Waals surface area contributed by atoms with Crippen LogP contribution in [-0.2, 0) is 0 Å². The van der Waals surface area contributed by atoms with E-state index in [1.165, 1.54) is 0 Å². The minimum Gasteiger partial charge on any atom is -0.507 e. The molecule has 4 heteroatoms. The van der Waals surface area contributed by atoms with Crippen LogP contribution in [0.3, 0.4) is 0 Å². The Morgan fingerprint density at radius 3 is 2.72 bits per heavy atom. The van der Waals surface area contributed by atoms with Crippen molar-refractivity contribution in [2.45, 2.75) is 0 Å². The molecular weight excluding hydrogens is 244 g/mol. The summed E-state index contributed by atoms with van der Waals surface area (Å²) in [5.74, 6) is 0.265. The van der Waals surface area contributed by atoms with Gasteiger partial charge in [0.1, 0.15) is 5.75 Å². The highest BCUT2D eigenvalue weighted by molar-refractivity contribution is 7.80. The van der Waals surface area contributed by atoms with Gasteiger partial charge in [0.05, 0.1) is 0 Å². The predicted octanol–water partition coefficient (Wildman–Crippen LogP) is 3.02. The topological polar surface area (TPSA) is 44.3 Å². The second-order valence-corrected chi connectivity index (χ2v) is 4.21. The van der Waals surface area contributed by atoms with Gasteiger partial charge in [-0.3, -0.25) is 0 Å². The first-order valence-corrected chi connectivity index (χ1v) is 5.99. The number of anilines is 1. The van der Waals surface area contributed by atoms with E-state index >= 15 is 0 Å². The average molecular weight is 258 g/mol. The Balaban J connectivity index is 2.31. The third kappa shape index (κ3) is 2.60. The number of rotatable bonds is 3. The summed E-state index contributed by atoms with van der Waals surface area (Å²) in [6, 6.07) is 11.1. The average Bonchev–Trinajstić information content (AvgIpc) is 2.38. The molecule has 0 aliphatic heterocycles. The Morgan fingerprint density at radius 1 is 1.22 bits per heavy atom. The molecule has 0 unspecified atom stereocenters. The highest BCUT2D eigenvalue weighted by Crippen LogP contribution is 2.29. The SMILES string of the molecule is C=CCNC(=S)Nc1cccc2c(O)cccc12. The van der Waals surface area contributed by atoms with Gasteiger partial charge in [0.25, 0.3) is 0 Å². The molecule has 0 radical (unpaired) electrons. The van der Waals surface area contributed by atoms with Gasteiger partial charge in [0.15, 0.2) is 5.11 Å².